The fourth-order valence-corrected chi connectivity index (χ4v) is 2.90. The molecule has 0 heterocycles. The Bertz CT molecular complexity index is 752. The molecular weight excluding hydrogens is 469 g/mol. The highest BCUT2D eigenvalue weighted by Gasteiger charge is 2.31. The molecule has 0 aliphatic heterocycles. The van der Waals surface area contributed by atoms with E-state index >= 15 is 0 Å². The average Bonchev–Trinajstić information content (AvgIpc) is 2.73. The average molecular weight is 499 g/mol. The third kappa shape index (κ3) is 13.2. The molecule has 1 aromatic rings. The normalized spacial score (nSPS) is 12.8. The van der Waals surface area contributed by atoms with Gasteiger partial charge >= 0.3 is 18.2 Å². The highest BCUT2D eigenvalue weighted by atomic mass is 19.4. The van der Waals surface area contributed by atoms with Gasteiger partial charge in [0.1, 0.15) is 12.4 Å². The third-order valence-electron chi connectivity index (χ3n) is 4.53. The van der Waals surface area contributed by atoms with Crippen LogP contribution in [0.25, 0.3) is 0 Å². The fraction of sp³-hybridized carbons (Fsp3) is 0.636. The number of unbranched alkanes of at least 4 members (excludes halogenated alkanes) is 1. The number of nitrogens with zero attached hydrogens (tertiary/aromatic N) is 1. The SMILES string of the molecule is CCOC(Cc1ccc(OCCN(CCCCC(C)(F)F)C(=O)OCC(F)(F)F)cc1)C(=O)O. The third-order valence-corrected chi connectivity index (χ3v) is 4.53. The van der Waals surface area contributed by atoms with Crippen molar-refractivity contribution >= 4 is 12.1 Å². The van der Waals surface area contributed by atoms with Gasteiger partial charge in [-0.05, 0) is 44.4 Å². The summed E-state index contributed by atoms with van der Waals surface area (Å²) in [7, 11) is 0. The van der Waals surface area contributed by atoms with E-state index in [9.17, 15) is 31.5 Å². The molecule has 0 aromatic heterocycles. The van der Waals surface area contributed by atoms with Crippen LogP contribution in [-0.2, 0) is 20.7 Å². The molecule has 1 rings (SSSR count). The number of hydrogen-bond acceptors (Lipinski definition) is 5. The van der Waals surface area contributed by atoms with Crippen molar-refractivity contribution in [2.24, 2.45) is 0 Å². The Balaban J connectivity index is 2.61. The minimum absolute atomic E-state index is 0.0664. The van der Waals surface area contributed by atoms with E-state index in [1.54, 1.807) is 31.2 Å². The first-order valence-corrected chi connectivity index (χ1v) is 10.7. The van der Waals surface area contributed by atoms with E-state index in [-0.39, 0.29) is 45.6 Å². The maximum atomic E-state index is 12.9. The Morgan fingerprint density at radius 2 is 1.71 bits per heavy atom. The van der Waals surface area contributed by atoms with Crippen molar-refractivity contribution in [1.82, 2.24) is 4.90 Å². The minimum atomic E-state index is -4.69. The predicted octanol–water partition coefficient (Wildman–Crippen LogP) is 4.92. The summed E-state index contributed by atoms with van der Waals surface area (Å²) in [5.41, 5.74) is 0.693. The van der Waals surface area contributed by atoms with Crippen molar-refractivity contribution < 1.29 is 50.9 Å². The molecule has 0 bridgehead atoms. The summed E-state index contributed by atoms with van der Waals surface area (Å²) in [5.74, 6) is -3.56. The van der Waals surface area contributed by atoms with Crippen molar-refractivity contribution in [2.45, 2.75) is 57.7 Å². The van der Waals surface area contributed by atoms with Crippen LogP contribution < -0.4 is 4.74 Å². The Labute approximate surface area is 194 Å². The molecule has 0 radical (unpaired) electrons. The number of carbonyl (C=O) groups is 2. The quantitative estimate of drug-likeness (QED) is 0.272. The van der Waals surface area contributed by atoms with Gasteiger partial charge in [0.25, 0.3) is 0 Å². The second kappa shape index (κ2) is 13.9. The lowest BCUT2D eigenvalue weighted by Crippen LogP contribution is -2.37. The second-order valence-electron chi connectivity index (χ2n) is 7.66. The van der Waals surface area contributed by atoms with Gasteiger partial charge in [-0.3, -0.25) is 0 Å². The number of amides is 1. The summed E-state index contributed by atoms with van der Waals surface area (Å²) in [6, 6.07) is 6.45. The molecular formula is C22H30F5NO6. The molecule has 0 aliphatic rings. The second-order valence-corrected chi connectivity index (χ2v) is 7.66. The first-order chi connectivity index (χ1) is 15.8. The fourth-order valence-electron chi connectivity index (χ4n) is 2.90. The van der Waals surface area contributed by atoms with Crippen LogP contribution in [0.1, 0.15) is 38.7 Å². The lowest BCUT2D eigenvalue weighted by atomic mass is 10.1. The molecule has 1 N–H and O–H groups in total. The van der Waals surface area contributed by atoms with Gasteiger partial charge in [0.05, 0.1) is 6.54 Å². The summed E-state index contributed by atoms with van der Waals surface area (Å²) >= 11 is 0. The lowest BCUT2D eigenvalue weighted by Gasteiger charge is -2.23. The van der Waals surface area contributed by atoms with E-state index in [4.69, 9.17) is 14.6 Å². The molecule has 12 heteroatoms. The van der Waals surface area contributed by atoms with E-state index in [1.165, 1.54) is 0 Å². The molecule has 0 fully saturated rings. The number of carboxylic acids is 1. The molecule has 0 saturated carbocycles. The molecule has 7 nitrogen and oxygen atoms in total. The minimum Gasteiger partial charge on any atom is -0.492 e. The van der Waals surface area contributed by atoms with Crippen LogP contribution >= 0.6 is 0 Å². The molecule has 0 aliphatic carbocycles. The number of halogens is 5. The van der Waals surface area contributed by atoms with Gasteiger partial charge in [-0.15, -0.1) is 0 Å². The topological polar surface area (TPSA) is 85.3 Å². The van der Waals surface area contributed by atoms with Gasteiger partial charge in [-0.2, -0.15) is 13.2 Å². The van der Waals surface area contributed by atoms with Crippen molar-refractivity contribution in [3.8, 4) is 5.75 Å². The Kier molecular flexibility index (Phi) is 12.0. The Morgan fingerprint density at radius 3 is 2.24 bits per heavy atom. The smallest absolute Gasteiger partial charge is 0.422 e. The summed E-state index contributed by atoms with van der Waals surface area (Å²) in [5, 5.41) is 9.14. The summed E-state index contributed by atoms with van der Waals surface area (Å²) < 4.78 is 77.8. The maximum absolute atomic E-state index is 12.9. The summed E-state index contributed by atoms with van der Waals surface area (Å²) in [6.07, 6.45) is -6.91. The van der Waals surface area contributed by atoms with Crippen molar-refractivity contribution in [3.05, 3.63) is 29.8 Å². The van der Waals surface area contributed by atoms with Crippen LogP contribution in [0.3, 0.4) is 0 Å². The van der Waals surface area contributed by atoms with Crippen LogP contribution in [0, 0.1) is 0 Å². The first-order valence-electron chi connectivity index (χ1n) is 10.7. The molecule has 34 heavy (non-hydrogen) atoms. The number of carboxylic acid groups (broad SMARTS) is 1. The molecule has 194 valence electrons. The zero-order chi connectivity index (χ0) is 25.8. The molecule has 1 aromatic carbocycles. The highest BCUT2D eigenvalue weighted by molar-refractivity contribution is 5.72. The first kappa shape index (κ1) is 29.4. The molecule has 1 atom stereocenters. The van der Waals surface area contributed by atoms with E-state index in [1.807, 2.05) is 0 Å². The van der Waals surface area contributed by atoms with Gasteiger partial charge < -0.3 is 24.2 Å². The van der Waals surface area contributed by atoms with E-state index in [2.05, 4.69) is 4.74 Å². The van der Waals surface area contributed by atoms with Crippen molar-refractivity contribution in [1.29, 1.82) is 0 Å². The standard InChI is InChI=1S/C22H30F5NO6/c1-3-32-18(19(29)30)14-16-6-8-17(9-7-16)33-13-12-28(11-5-4-10-21(2,23)24)20(31)34-15-22(25,26)27/h6-9,18H,3-5,10-15H2,1-2H3,(H,29,30). The predicted molar refractivity (Wildman–Crippen MR) is 112 cm³/mol. The van der Waals surface area contributed by atoms with Crippen LogP contribution in [-0.4, -0.2) is 73.2 Å². The van der Waals surface area contributed by atoms with Crippen LogP contribution in [0.2, 0.25) is 0 Å². The van der Waals surface area contributed by atoms with Gasteiger partial charge in [-0.1, -0.05) is 12.1 Å². The van der Waals surface area contributed by atoms with E-state index in [0.717, 1.165) is 11.8 Å². The number of benzene rings is 1. The Morgan fingerprint density at radius 1 is 1.06 bits per heavy atom. The van der Waals surface area contributed by atoms with Crippen molar-refractivity contribution in [2.75, 3.05) is 32.9 Å². The Hall–Kier alpha value is -2.63. The van der Waals surface area contributed by atoms with Gasteiger partial charge in [0, 0.05) is 26.0 Å². The number of hydrogen-bond donors (Lipinski definition) is 1. The molecule has 0 spiro atoms. The van der Waals surface area contributed by atoms with E-state index < -0.39 is 43.3 Å². The molecule has 1 unspecified atom stereocenters. The van der Waals surface area contributed by atoms with Crippen LogP contribution in [0.4, 0.5) is 26.7 Å². The number of aliphatic carboxylic acids is 1. The molecule has 1 amide bonds. The monoisotopic (exact) mass is 499 g/mol. The lowest BCUT2D eigenvalue weighted by molar-refractivity contribution is -0.162. The number of rotatable bonds is 15. The van der Waals surface area contributed by atoms with Gasteiger partial charge in [0.15, 0.2) is 12.7 Å². The number of ether oxygens (including phenoxy) is 3. The zero-order valence-corrected chi connectivity index (χ0v) is 19.1. The summed E-state index contributed by atoms with van der Waals surface area (Å²) in [6.45, 7) is 0.683. The number of alkyl halides is 5. The largest absolute Gasteiger partial charge is 0.492 e. The van der Waals surface area contributed by atoms with Crippen LogP contribution in [0.15, 0.2) is 24.3 Å². The van der Waals surface area contributed by atoms with Gasteiger partial charge in [0.2, 0.25) is 5.92 Å². The van der Waals surface area contributed by atoms with Crippen LogP contribution in [0.5, 0.6) is 5.75 Å². The molecule has 0 saturated heterocycles. The van der Waals surface area contributed by atoms with E-state index in [0.29, 0.717) is 11.3 Å². The zero-order valence-electron chi connectivity index (χ0n) is 19.1. The van der Waals surface area contributed by atoms with Crippen molar-refractivity contribution in [3.63, 3.8) is 0 Å². The maximum Gasteiger partial charge on any atom is 0.422 e. The highest BCUT2D eigenvalue weighted by Crippen LogP contribution is 2.20. The van der Waals surface area contributed by atoms with Gasteiger partial charge in [-0.25, -0.2) is 18.4 Å². The number of carbonyl (C=O) groups excluding carboxylic acids is 1. The summed E-state index contributed by atoms with van der Waals surface area (Å²) in [4.78, 5) is 24.2.